The first-order valence-electron chi connectivity index (χ1n) is 10.6. The molecule has 2 heterocycles. The van der Waals surface area contributed by atoms with E-state index in [0.717, 1.165) is 18.3 Å². The van der Waals surface area contributed by atoms with Gasteiger partial charge in [-0.15, -0.1) is 0 Å². The Bertz CT molecular complexity index is 509. The molecule has 1 aliphatic carbocycles. The molecular weight excluding hydrogens is 308 g/mol. The van der Waals surface area contributed by atoms with Crippen LogP contribution in [0.25, 0.3) is 0 Å². The van der Waals surface area contributed by atoms with Crippen LogP contribution in [0.4, 0.5) is 0 Å². The second-order valence-electron chi connectivity index (χ2n) is 8.27. The van der Waals surface area contributed by atoms with Gasteiger partial charge in [0.25, 0.3) is 0 Å². The van der Waals surface area contributed by atoms with Crippen LogP contribution in [0.15, 0.2) is 24.3 Å². The number of nitrogens with zero attached hydrogens (tertiary/aromatic N) is 2. The number of hydrogen-bond donors (Lipinski definition) is 0. The van der Waals surface area contributed by atoms with Gasteiger partial charge in [0.1, 0.15) is 11.9 Å². The van der Waals surface area contributed by atoms with E-state index in [0.29, 0.717) is 6.10 Å². The molecule has 138 valence electrons. The molecule has 0 spiro atoms. The van der Waals surface area contributed by atoms with Crippen molar-refractivity contribution in [2.24, 2.45) is 0 Å². The maximum atomic E-state index is 6.27. The Kier molecular flexibility index (Phi) is 5.94. The Hall–Kier alpha value is -1.06. The summed E-state index contributed by atoms with van der Waals surface area (Å²) in [5.41, 5.74) is 1.42. The predicted octanol–water partition coefficient (Wildman–Crippen LogP) is 4.46. The van der Waals surface area contributed by atoms with Crippen molar-refractivity contribution < 1.29 is 4.74 Å². The fourth-order valence-corrected chi connectivity index (χ4v) is 4.87. The summed E-state index contributed by atoms with van der Waals surface area (Å²) in [6, 6.07) is 9.76. The van der Waals surface area contributed by atoms with Gasteiger partial charge in [-0.2, -0.15) is 0 Å². The highest BCUT2D eigenvalue weighted by Gasteiger charge is 2.27. The summed E-state index contributed by atoms with van der Waals surface area (Å²) in [6.07, 6.45) is 12.6. The highest BCUT2D eigenvalue weighted by Crippen LogP contribution is 2.27. The van der Waals surface area contributed by atoms with Crippen LogP contribution in [-0.2, 0) is 6.54 Å². The zero-order valence-electron chi connectivity index (χ0n) is 15.7. The third kappa shape index (κ3) is 4.77. The van der Waals surface area contributed by atoms with E-state index in [1.54, 1.807) is 0 Å². The van der Waals surface area contributed by atoms with E-state index in [4.69, 9.17) is 4.74 Å². The van der Waals surface area contributed by atoms with Gasteiger partial charge < -0.3 is 9.64 Å². The minimum absolute atomic E-state index is 0.408. The molecule has 3 aliphatic rings. The fraction of sp³-hybridized carbons (Fsp3) is 0.727. The normalized spacial score (nSPS) is 24.6. The molecule has 25 heavy (non-hydrogen) atoms. The van der Waals surface area contributed by atoms with Gasteiger partial charge >= 0.3 is 0 Å². The van der Waals surface area contributed by atoms with Gasteiger partial charge in [-0.3, -0.25) is 4.90 Å². The van der Waals surface area contributed by atoms with Crippen molar-refractivity contribution >= 4 is 0 Å². The number of hydrogen-bond acceptors (Lipinski definition) is 3. The van der Waals surface area contributed by atoms with Crippen molar-refractivity contribution in [3.8, 4) is 5.75 Å². The number of ether oxygens (including phenoxy) is 1. The first-order valence-corrected chi connectivity index (χ1v) is 10.6. The van der Waals surface area contributed by atoms with Crippen LogP contribution in [-0.4, -0.2) is 48.1 Å². The Balaban J connectivity index is 1.23. The zero-order chi connectivity index (χ0) is 16.9. The average molecular weight is 343 g/mol. The van der Waals surface area contributed by atoms with Crippen LogP contribution in [0, 0.1) is 0 Å². The van der Waals surface area contributed by atoms with E-state index < -0.39 is 0 Å². The van der Waals surface area contributed by atoms with Gasteiger partial charge in [-0.25, -0.2) is 0 Å². The summed E-state index contributed by atoms with van der Waals surface area (Å²) in [7, 11) is 0. The second kappa shape index (κ2) is 8.55. The Morgan fingerprint density at radius 2 is 1.44 bits per heavy atom. The molecule has 0 N–H and O–H groups in total. The maximum Gasteiger partial charge on any atom is 0.119 e. The Morgan fingerprint density at radius 3 is 2.12 bits per heavy atom. The number of benzene rings is 1. The average Bonchev–Trinajstić information content (AvgIpc) is 3.20. The van der Waals surface area contributed by atoms with Gasteiger partial charge in [0, 0.05) is 25.7 Å². The Labute approximate surface area is 153 Å². The third-order valence-electron chi connectivity index (χ3n) is 6.40. The summed E-state index contributed by atoms with van der Waals surface area (Å²) in [4.78, 5) is 5.30. The lowest BCUT2D eigenvalue weighted by Gasteiger charge is -2.36. The first kappa shape index (κ1) is 17.4. The van der Waals surface area contributed by atoms with Crippen molar-refractivity contribution in [3.05, 3.63) is 29.8 Å². The van der Waals surface area contributed by atoms with Crippen LogP contribution >= 0.6 is 0 Å². The largest absolute Gasteiger partial charge is 0.490 e. The number of piperidine rings is 2. The van der Waals surface area contributed by atoms with Crippen LogP contribution in [0.3, 0.4) is 0 Å². The fourth-order valence-electron chi connectivity index (χ4n) is 4.87. The molecule has 2 saturated heterocycles. The van der Waals surface area contributed by atoms with Gasteiger partial charge in [-0.1, -0.05) is 31.4 Å². The minimum Gasteiger partial charge on any atom is -0.490 e. The van der Waals surface area contributed by atoms with Crippen molar-refractivity contribution in [3.63, 3.8) is 0 Å². The summed E-state index contributed by atoms with van der Waals surface area (Å²) in [6.45, 7) is 6.07. The van der Waals surface area contributed by atoms with E-state index >= 15 is 0 Å². The molecule has 0 atom stereocenters. The number of likely N-dealkylation sites (tertiary alicyclic amines) is 2. The molecule has 4 rings (SSSR count). The second-order valence-corrected chi connectivity index (χ2v) is 8.27. The number of rotatable bonds is 5. The highest BCUT2D eigenvalue weighted by molar-refractivity contribution is 5.27. The summed E-state index contributed by atoms with van der Waals surface area (Å²) < 4.78 is 6.27. The monoisotopic (exact) mass is 342 g/mol. The lowest BCUT2D eigenvalue weighted by Crippen LogP contribution is -2.43. The lowest BCUT2D eigenvalue weighted by atomic mass is 10.0. The molecule has 1 aromatic rings. The van der Waals surface area contributed by atoms with Crippen LogP contribution in [0.1, 0.15) is 63.4 Å². The van der Waals surface area contributed by atoms with Gasteiger partial charge in [-0.05, 0) is 69.3 Å². The molecule has 1 aromatic carbocycles. The molecule has 2 aliphatic heterocycles. The van der Waals surface area contributed by atoms with Crippen molar-refractivity contribution in [1.82, 2.24) is 9.80 Å². The van der Waals surface area contributed by atoms with Crippen molar-refractivity contribution in [1.29, 1.82) is 0 Å². The lowest BCUT2D eigenvalue weighted by molar-refractivity contribution is 0.0768. The Morgan fingerprint density at radius 1 is 0.760 bits per heavy atom. The minimum atomic E-state index is 0.408. The quantitative estimate of drug-likeness (QED) is 0.786. The SMILES string of the molecule is c1cc(OC2CCN(C3CCCC3)CC2)ccc1CN1CCCCC1. The van der Waals surface area contributed by atoms with Gasteiger partial charge in [0.2, 0.25) is 0 Å². The van der Waals surface area contributed by atoms with Crippen LogP contribution in [0.2, 0.25) is 0 Å². The summed E-state index contributed by atoms with van der Waals surface area (Å²) in [5.74, 6) is 1.06. The molecule has 1 saturated carbocycles. The molecule has 0 aromatic heterocycles. The van der Waals surface area contributed by atoms with Crippen LogP contribution in [0.5, 0.6) is 5.75 Å². The van der Waals surface area contributed by atoms with Crippen molar-refractivity contribution in [2.75, 3.05) is 26.2 Å². The van der Waals surface area contributed by atoms with Gasteiger partial charge in [0.15, 0.2) is 0 Å². The molecule has 3 heteroatoms. The van der Waals surface area contributed by atoms with Gasteiger partial charge in [0.05, 0.1) is 0 Å². The maximum absolute atomic E-state index is 6.27. The zero-order valence-corrected chi connectivity index (χ0v) is 15.7. The predicted molar refractivity (Wildman–Crippen MR) is 103 cm³/mol. The standard InChI is InChI=1S/C22H34N2O/c1-4-14-23(15-5-1)18-19-8-10-21(11-9-19)25-22-12-16-24(17-13-22)20-6-2-3-7-20/h8-11,20,22H,1-7,12-18H2. The van der Waals surface area contributed by atoms with Crippen molar-refractivity contribution in [2.45, 2.75) is 76.5 Å². The molecular formula is C22H34N2O. The smallest absolute Gasteiger partial charge is 0.119 e. The molecule has 3 nitrogen and oxygen atoms in total. The highest BCUT2D eigenvalue weighted by atomic mass is 16.5. The first-order chi connectivity index (χ1) is 12.4. The van der Waals surface area contributed by atoms with E-state index in [9.17, 15) is 0 Å². The summed E-state index contributed by atoms with van der Waals surface area (Å²) >= 11 is 0. The van der Waals surface area contributed by atoms with E-state index in [-0.39, 0.29) is 0 Å². The molecule has 0 unspecified atom stereocenters. The summed E-state index contributed by atoms with van der Waals surface area (Å²) in [5, 5.41) is 0. The molecule has 3 fully saturated rings. The molecule has 0 bridgehead atoms. The van der Waals surface area contributed by atoms with E-state index in [2.05, 4.69) is 34.1 Å². The van der Waals surface area contributed by atoms with Crippen LogP contribution < -0.4 is 4.74 Å². The van der Waals surface area contributed by atoms with E-state index in [1.165, 1.54) is 89.5 Å². The van der Waals surface area contributed by atoms with E-state index in [1.807, 2.05) is 0 Å². The third-order valence-corrected chi connectivity index (χ3v) is 6.40. The topological polar surface area (TPSA) is 15.7 Å². The molecule has 0 radical (unpaired) electrons. The molecule has 0 amide bonds.